The molecule has 5 aromatic rings. The molecule has 0 aliphatic rings. The van der Waals surface area contributed by atoms with Gasteiger partial charge in [0.05, 0.1) is 23.7 Å². The minimum absolute atomic E-state index is 0.125. The summed E-state index contributed by atoms with van der Waals surface area (Å²) in [6.07, 6.45) is 0. The highest BCUT2D eigenvalue weighted by Gasteiger charge is 2.20. The molecular weight excluding hydrogens is 440 g/mol. The number of furan rings is 1. The molecule has 5 nitrogen and oxygen atoms in total. The van der Waals surface area contributed by atoms with Crippen LogP contribution in [-0.2, 0) is 4.79 Å². The van der Waals surface area contributed by atoms with Gasteiger partial charge in [0.1, 0.15) is 16.9 Å². The molecule has 0 unspecified atom stereocenters. The lowest BCUT2D eigenvalue weighted by Crippen LogP contribution is -2.22. The Bertz CT molecular complexity index is 1410. The lowest BCUT2D eigenvalue weighted by Gasteiger charge is -2.13. The molecule has 0 fully saturated rings. The zero-order chi connectivity index (χ0) is 22.1. The van der Waals surface area contributed by atoms with Crippen LogP contribution in [0.15, 0.2) is 80.9 Å². The number of amides is 1. The van der Waals surface area contributed by atoms with Crippen molar-refractivity contribution in [2.24, 2.45) is 0 Å². The fraction of sp³-hybridized carbons (Fsp3) is 0.120. The summed E-state index contributed by atoms with van der Waals surface area (Å²) in [6, 6.07) is 21.6. The molecule has 0 aliphatic heterocycles. The van der Waals surface area contributed by atoms with E-state index in [9.17, 15) is 4.79 Å². The van der Waals surface area contributed by atoms with Gasteiger partial charge in [0.15, 0.2) is 4.34 Å². The Balaban J connectivity index is 1.35. The van der Waals surface area contributed by atoms with Gasteiger partial charge in [0.2, 0.25) is 5.91 Å². The number of methoxy groups -OCH3 is 1. The number of anilines is 1. The number of thiazole rings is 1. The number of carbonyl (C=O) groups is 1. The second-order valence-electron chi connectivity index (χ2n) is 7.26. The normalized spacial score (nSPS) is 12.2. The van der Waals surface area contributed by atoms with Gasteiger partial charge >= 0.3 is 0 Å². The molecule has 2 aromatic heterocycles. The van der Waals surface area contributed by atoms with E-state index < -0.39 is 0 Å². The topological polar surface area (TPSA) is 64.4 Å². The van der Waals surface area contributed by atoms with E-state index >= 15 is 0 Å². The van der Waals surface area contributed by atoms with E-state index in [1.807, 2.05) is 79.0 Å². The Hall–Kier alpha value is -3.29. The first kappa shape index (κ1) is 20.6. The highest BCUT2D eigenvalue weighted by Crippen LogP contribution is 2.37. The lowest BCUT2D eigenvalue weighted by atomic mass is 10.1. The van der Waals surface area contributed by atoms with Gasteiger partial charge in [-0.05, 0) is 19.1 Å². The summed E-state index contributed by atoms with van der Waals surface area (Å²) in [7, 11) is 1.60. The second-order valence-corrected chi connectivity index (χ2v) is 9.71. The van der Waals surface area contributed by atoms with E-state index in [4.69, 9.17) is 9.15 Å². The number of hydrogen-bond donors (Lipinski definition) is 1. The molecule has 0 aliphatic carbocycles. The number of nitrogens with one attached hydrogen (secondary N) is 1. The summed E-state index contributed by atoms with van der Waals surface area (Å²) in [5.41, 5.74) is 4.07. The fourth-order valence-electron chi connectivity index (χ4n) is 3.51. The molecular formula is C25H20N2O3S2. The van der Waals surface area contributed by atoms with Crippen molar-refractivity contribution in [1.29, 1.82) is 0 Å². The standard InChI is InChI=1S/C25H20N2O3S2/c1-15(32-25-27-20(14-31-25)16-8-4-3-5-9-16)24(28)26-19-13-22-18(12-23(19)29-2)17-10-6-7-11-21(17)30-22/h3-15H,1-2H3,(H,26,28)/t15-/m0/s1. The monoisotopic (exact) mass is 460 g/mol. The molecule has 1 atom stereocenters. The van der Waals surface area contributed by atoms with Crippen molar-refractivity contribution < 1.29 is 13.9 Å². The zero-order valence-electron chi connectivity index (χ0n) is 17.5. The van der Waals surface area contributed by atoms with Crippen LogP contribution in [-0.4, -0.2) is 23.3 Å². The summed E-state index contributed by atoms with van der Waals surface area (Å²) < 4.78 is 12.4. The molecule has 0 spiro atoms. The van der Waals surface area contributed by atoms with Gasteiger partial charge in [-0.2, -0.15) is 0 Å². The molecule has 5 rings (SSSR count). The number of thioether (sulfide) groups is 1. The first-order valence-electron chi connectivity index (χ1n) is 10.1. The molecule has 32 heavy (non-hydrogen) atoms. The van der Waals surface area contributed by atoms with Crippen LogP contribution in [0.1, 0.15) is 6.92 Å². The van der Waals surface area contributed by atoms with Crippen molar-refractivity contribution in [3.8, 4) is 17.0 Å². The maximum atomic E-state index is 12.9. The number of fused-ring (bicyclic) bond motifs is 3. The van der Waals surface area contributed by atoms with Crippen molar-refractivity contribution in [3.05, 3.63) is 72.1 Å². The third-order valence-electron chi connectivity index (χ3n) is 5.16. The average molecular weight is 461 g/mol. The first-order valence-corrected chi connectivity index (χ1v) is 11.9. The Labute approximate surface area is 193 Å². The van der Waals surface area contributed by atoms with E-state index in [-0.39, 0.29) is 11.2 Å². The molecule has 0 bridgehead atoms. The smallest absolute Gasteiger partial charge is 0.237 e. The Kier molecular flexibility index (Phi) is 5.59. The Morgan fingerprint density at radius 3 is 2.66 bits per heavy atom. The van der Waals surface area contributed by atoms with Gasteiger partial charge < -0.3 is 14.5 Å². The van der Waals surface area contributed by atoms with E-state index in [1.165, 1.54) is 11.8 Å². The first-order chi connectivity index (χ1) is 15.6. The van der Waals surface area contributed by atoms with E-state index in [2.05, 4.69) is 10.3 Å². The molecule has 3 aromatic carbocycles. The largest absolute Gasteiger partial charge is 0.495 e. The maximum absolute atomic E-state index is 12.9. The number of para-hydroxylation sites is 1. The molecule has 160 valence electrons. The van der Waals surface area contributed by atoms with Crippen LogP contribution in [0.2, 0.25) is 0 Å². The highest BCUT2D eigenvalue weighted by molar-refractivity contribution is 8.02. The molecule has 0 saturated heterocycles. The van der Waals surface area contributed by atoms with Gasteiger partial charge in [0.25, 0.3) is 0 Å². The third kappa shape index (κ3) is 3.97. The van der Waals surface area contributed by atoms with Crippen molar-refractivity contribution in [1.82, 2.24) is 4.98 Å². The summed E-state index contributed by atoms with van der Waals surface area (Å²) in [4.78, 5) is 17.6. The van der Waals surface area contributed by atoms with E-state index in [1.54, 1.807) is 18.4 Å². The minimum atomic E-state index is -0.333. The van der Waals surface area contributed by atoms with Crippen LogP contribution >= 0.6 is 23.1 Å². The lowest BCUT2D eigenvalue weighted by molar-refractivity contribution is -0.115. The highest BCUT2D eigenvalue weighted by atomic mass is 32.2. The SMILES string of the molecule is COc1cc2c(cc1NC(=O)[C@H](C)Sc1nc(-c3ccccc3)cs1)oc1ccccc12. The number of benzene rings is 3. The number of carbonyl (C=O) groups excluding carboxylic acids is 1. The fourth-order valence-corrected chi connectivity index (χ4v) is 5.48. The van der Waals surface area contributed by atoms with Crippen LogP contribution in [0.25, 0.3) is 33.2 Å². The quantitative estimate of drug-likeness (QED) is 0.281. The van der Waals surface area contributed by atoms with E-state index in [0.717, 1.165) is 32.0 Å². The molecule has 7 heteroatoms. The van der Waals surface area contributed by atoms with Crippen molar-refractivity contribution in [2.75, 3.05) is 12.4 Å². The average Bonchev–Trinajstić information content (AvgIpc) is 3.43. The Morgan fingerprint density at radius 1 is 1.06 bits per heavy atom. The van der Waals surface area contributed by atoms with Crippen LogP contribution in [0, 0.1) is 0 Å². The van der Waals surface area contributed by atoms with Gasteiger partial charge in [-0.15, -0.1) is 11.3 Å². The summed E-state index contributed by atoms with van der Waals surface area (Å²) in [5.74, 6) is 0.468. The molecule has 1 N–H and O–H groups in total. The number of ether oxygens (including phenoxy) is 1. The summed E-state index contributed by atoms with van der Waals surface area (Å²) >= 11 is 2.98. The van der Waals surface area contributed by atoms with Gasteiger partial charge in [0, 0.05) is 27.8 Å². The van der Waals surface area contributed by atoms with Crippen molar-refractivity contribution >= 4 is 56.6 Å². The van der Waals surface area contributed by atoms with Crippen LogP contribution in [0.5, 0.6) is 5.75 Å². The number of hydrogen-bond acceptors (Lipinski definition) is 6. The molecule has 2 heterocycles. The minimum Gasteiger partial charge on any atom is -0.495 e. The molecule has 1 amide bonds. The second kappa shape index (κ2) is 8.68. The predicted octanol–water partition coefficient (Wildman–Crippen LogP) is 6.84. The van der Waals surface area contributed by atoms with Crippen LogP contribution in [0.4, 0.5) is 5.69 Å². The Morgan fingerprint density at radius 2 is 1.84 bits per heavy atom. The maximum Gasteiger partial charge on any atom is 0.237 e. The number of nitrogens with zero attached hydrogens (tertiary/aromatic N) is 1. The van der Waals surface area contributed by atoms with Gasteiger partial charge in [-0.25, -0.2) is 4.98 Å². The van der Waals surface area contributed by atoms with Crippen LogP contribution < -0.4 is 10.1 Å². The molecule has 0 radical (unpaired) electrons. The predicted molar refractivity (Wildman–Crippen MR) is 132 cm³/mol. The summed E-state index contributed by atoms with van der Waals surface area (Å²) in [6.45, 7) is 1.87. The van der Waals surface area contributed by atoms with E-state index in [0.29, 0.717) is 17.0 Å². The number of rotatable bonds is 6. The molecule has 0 saturated carbocycles. The van der Waals surface area contributed by atoms with Gasteiger partial charge in [-0.1, -0.05) is 60.3 Å². The summed E-state index contributed by atoms with van der Waals surface area (Å²) in [5, 5.41) is 6.64. The van der Waals surface area contributed by atoms with Crippen LogP contribution in [0.3, 0.4) is 0 Å². The van der Waals surface area contributed by atoms with Crippen molar-refractivity contribution in [2.45, 2.75) is 16.5 Å². The third-order valence-corrected chi connectivity index (χ3v) is 7.23. The number of aromatic nitrogens is 1. The van der Waals surface area contributed by atoms with Gasteiger partial charge in [-0.3, -0.25) is 4.79 Å². The zero-order valence-corrected chi connectivity index (χ0v) is 19.1. The van der Waals surface area contributed by atoms with Crippen molar-refractivity contribution in [3.63, 3.8) is 0 Å².